The van der Waals surface area contributed by atoms with Gasteiger partial charge >= 0.3 is 0 Å². The third kappa shape index (κ3) is 3.97. The molecule has 3 aromatic rings. The van der Waals surface area contributed by atoms with E-state index in [2.05, 4.69) is 22.1 Å². The fourth-order valence-electron chi connectivity index (χ4n) is 5.47. The van der Waals surface area contributed by atoms with E-state index in [1.165, 1.54) is 16.5 Å². The van der Waals surface area contributed by atoms with Gasteiger partial charge in [0.1, 0.15) is 5.65 Å². The van der Waals surface area contributed by atoms with Crippen LogP contribution in [0, 0.1) is 5.92 Å². The van der Waals surface area contributed by atoms with Crippen LogP contribution in [-0.4, -0.2) is 49.1 Å². The Labute approximate surface area is 187 Å². The van der Waals surface area contributed by atoms with Crippen LogP contribution in [0.5, 0.6) is 0 Å². The highest BCUT2D eigenvalue weighted by atomic mass is 16.3. The van der Waals surface area contributed by atoms with Crippen molar-refractivity contribution in [3.8, 4) is 0 Å². The average molecular weight is 435 g/mol. The Balaban J connectivity index is 1.26. The van der Waals surface area contributed by atoms with Gasteiger partial charge in [0.05, 0.1) is 23.9 Å². The van der Waals surface area contributed by atoms with E-state index in [0.717, 1.165) is 25.7 Å². The number of benzene rings is 1. The summed E-state index contributed by atoms with van der Waals surface area (Å²) in [6.45, 7) is 1.22. The quantitative estimate of drug-likeness (QED) is 0.660. The first-order valence-corrected chi connectivity index (χ1v) is 11.6. The van der Waals surface area contributed by atoms with Crippen LogP contribution in [0.1, 0.15) is 50.0 Å². The molecule has 32 heavy (non-hydrogen) atoms. The first kappa shape index (κ1) is 20.9. The number of rotatable bonds is 4. The van der Waals surface area contributed by atoms with E-state index in [-0.39, 0.29) is 29.8 Å². The Kier molecular flexibility index (Phi) is 5.59. The van der Waals surface area contributed by atoms with Crippen molar-refractivity contribution in [2.75, 3.05) is 13.1 Å². The highest BCUT2D eigenvalue weighted by molar-refractivity contribution is 5.80. The lowest BCUT2D eigenvalue weighted by atomic mass is 9.74. The molecule has 1 aliphatic heterocycles. The van der Waals surface area contributed by atoms with Crippen LogP contribution in [0.25, 0.3) is 11.0 Å². The number of carbonyl (C=O) groups excluding carboxylic acids is 1. The number of aliphatic hydroxyl groups is 1. The van der Waals surface area contributed by atoms with E-state index in [1.807, 2.05) is 23.1 Å². The SMILES string of the molecule is O=C(C1CCCCC1c1ccccc1)N1CCC(O)(Cn2cnc3[nH]ccc3c2=O)CC1. The van der Waals surface area contributed by atoms with E-state index in [0.29, 0.717) is 37.0 Å². The summed E-state index contributed by atoms with van der Waals surface area (Å²) in [4.78, 5) is 35.3. The van der Waals surface area contributed by atoms with Crippen molar-refractivity contribution in [1.29, 1.82) is 0 Å². The molecule has 2 N–H and O–H groups in total. The minimum atomic E-state index is -1.02. The predicted molar refractivity (Wildman–Crippen MR) is 122 cm³/mol. The molecular weight excluding hydrogens is 404 g/mol. The van der Waals surface area contributed by atoms with Gasteiger partial charge in [0.25, 0.3) is 5.56 Å². The van der Waals surface area contributed by atoms with E-state index >= 15 is 0 Å². The predicted octanol–water partition coefficient (Wildman–Crippen LogP) is 3.05. The van der Waals surface area contributed by atoms with Crippen LogP contribution in [0.2, 0.25) is 0 Å². The summed E-state index contributed by atoms with van der Waals surface area (Å²) in [6.07, 6.45) is 8.33. The molecule has 1 aliphatic carbocycles. The number of fused-ring (bicyclic) bond motifs is 1. The summed E-state index contributed by atoms with van der Waals surface area (Å²) in [5.41, 5.74) is 0.638. The van der Waals surface area contributed by atoms with Gasteiger partial charge in [0.2, 0.25) is 5.91 Å². The fourth-order valence-corrected chi connectivity index (χ4v) is 5.47. The zero-order chi connectivity index (χ0) is 22.1. The highest BCUT2D eigenvalue weighted by Gasteiger charge is 2.39. The maximum absolute atomic E-state index is 13.5. The third-order valence-corrected chi connectivity index (χ3v) is 7.32. The van der Waals surface area contributed by atoms with Crippen molar-refractivity contribution >= 4 is 16.9 Å². The lowest BCUT2D eigenvalue weighted by Crippen LogP contribution is -2.51. The second-order valence-corrected chi connectivity index (χ2v) is 9.38. The average Bonchev–Trinajstić information content (AvgIpc) is 3.31. The largest absolute Gasteiger partial charge is 0.388 e. The zero-order valence-corrected chi connectivity index (χ0v) is 18.2. The van der Waals surface area contributed by atoms with Crippen molar-refractivity contribution < 1.29 is 9.90 Å². The fraction of sp³-hybridized carbons (Fsp3) is 0.480. The molecule has 7 nitrogen and oxygen atoms in total. The maximum Gasteiger partial charge on any atom is 0.262 e. The number of aromatic nitrogens is 3. The summed E-state index contributed by atoms with van der Waals surface area (Å²) < 4.78 is 1.49. The Morgan fingerprint density at radius 1 is 1.12 bits per heavy atom. The molecule has 2 aliphatic rings. The minimum absolute atomic E-state index is 0.0140. The molecule has 0 radical (unpaired) electrons. The summed E-state index contributed by atoms with van der Waals surface area (Å²) in [5, 5.41) is 11.7. The molecule has 2 unspecified atom stereocenters. The van der Waals surface area contributed by atoms with Gasteiger partial charge in [-0.15, -0.1) is 0 Å². The van der Waals surface area contributed by atoms with Gasteiger partial charge in [-0.3, -0.25) is 14.2 Å². The number of nitrogens with zero attached hydrogens (tertiary/aromatic N) is 3. The molecule has 0 spiro atoms. The first-order valence-electron chi connectivity index (χ1n) is 11.6. The number of hydrogen-bond donors (Lipinski definition) is 2. The number of likely N-dealkylation sites (tertiary alicyclic amines) is 1. The van der Waals surface area contributed by atoms with Crippen LogP contribution in [0.4, 0.5) is 0 Å². The molecule has 2 aromatic heterocycles. The Morgan fingerprint density at radius 3 is 2.66 bits per heavy atom. The number of nitrogens with one attached hydrogen (secondary N) is 1. The lowest BCUT2D eigenvalue weighted by molar-refractivity contribution is -0.142. The molecule has 1 amide bonds. The number of piperidine rings is 1. The Hall–Kier alpha value is -2.93. The number of aromatic amines is 1. The van der Waals surface area contributed by atoms with E-state index in [1.54, 1.807) is 12.3 Å². The first-order chi connectivity index (χ1) is 15.5. The number of H-pyrrole nitrogens is 1. The van der Waals surface area contributed by atoms with Crippen molar-refractivity contribution in [3.05, 3.63) is 64.8 Å². The third-order valence-electron chi connectivity index (χ3n) is 7.32. The second kappa shape index (κ2) is 8.54. The number of hydrogen-bond acceptors (Lipinski definition) is 4. The lowest BCUT2D eigenvalue weighted by Gasteiger charge is -2.41. The van der Waals surface area contributed by atoms with Crippen LogP contribution in [-0.2, 0) is 11.3 Å². The summed E-state index contributed by atoms with van der Waals surface area (Å²) >= 11 is 0. The van der Waals surface area contributed by atoms with E-state index < -0.39 is 5.60 Å². The number of amides is 1. The molecule has 7 heteroatoms. The minimum Gasteiger partial charge on any atom is -0.388 e. The van der Waals surface area contributed by atoms with Gasteiger partial charge in [-0.2, -0.15) is 0 Å². The molecule has 1 saturated heterocycles. The summed E-state index contributed by atoms with van der Waals surface area (Å²) in [7, 11) is 0. The normalized spacial score (nSPS) is 23.3. The van der Waals surface area contributed by atoms with Gasteiger partial charge < -0.3 is 15.0 Å². The maximum atomic E-state index is 13.5. The van der Waals surface area contributed by atoms with Gasteiger partial charge in [-0.25, -0.2) is 4.98 Å². The van der Waals surface area contributed by atoms with Gasteiger partial charge in [-0.1, -0.05) is 43.2 Å². The molecular formula is C25H30N4O3. The molecule has 2 fully saturated rings. The van der Waals surface area contributed by atoms with Crippen LogP contribution in [0.3, 0.4) is 0 Å². The molecule has 0 bridgehead atoms. The topological polar surface area (TPSA) is 91.2 Å². The van der Waals surface area contributed by atoms with Gasteiger partial charge in [0.15, 0.2) is 0 Å². The van der Waals surface area contributed by atoms with E-state index in [4.69, 9.17) is 0 Å². The summed E-state index contributed by atoms with van der Waals surface area (Å²) in [5.74, 6) is 0.504. The smallest absolute Gasteiger partial charge is 0.262 e. The van der Waals surface area contributed by atoms with Crippen molar-refractivity contribution in [3.63, 3.8) is 0 Å². The van der Waals surface area contributed by atoms with Crippen molar-refractivity contribution in [1.82, 2.24) is 19.4 Å². The van der Waals surface area contributed by atoms with E-state index in [9.17, 15) is 14.7 Å². The van der Waals surface area contributed by atoms with Crippen molar-refractivity contribution in [2.45, 2.75) is 56.6 Å². The van der Waals surface area contributed by atoms with Crippen LogP contribution < -0.4 is 5.56 Å². The number of carbonyl (C=O) groups is 1. The second-order valence-electron chi connectivity index (χ2n) is 9.38. The van der Waals surface area contributed by atoms with Gasteiger partial charge in [0, 0.05) is 25.2 Å². The zero-order valence-electron chi connectivity index (χ0n) is 18.2. The van der Waals surface area contributed by atoms with Gasteiger partial charge in [-0.05, 0) is 43.2 Å². The summed E-state index contributed by atoms with van der Waals surface area (Å²) in [6, 6.07) is 12.1. The Bertz CT molecular complexity index is 1140. The molecule has 2 atom stereocenters. The highest BCUT2D eigenvalue weighted by Crippen LogP contribution is 2.39. The van der Waals surface area contributed by atoms with Crippen molar-refractivity contribution in [2.24, 2.45) is 5.92 Å². The Morgan fingerprint density at radius 2 is 1.88 bits per heavy atom. The van der Waals surface area contributed by atoms with Crippen LogP contribution in [0.15, 0.2) is 53.7 Å². The molecule has 168 valence electrons. The molecule has 1 aromatic carbocycles. The standard InChI is InChI=1S/C25H30N4O3/c30-23(20-9-5-4-8-19(20)18-6-2-1-3-7-18)28-14-11-25(32,12-15-28)16-29-17-27-22-21(24(29)31)10-13-26-22/h1-3,6-7,10,13,17,19-20,26,32H,4-5,8-9,11-12,14-16H2. The molecule has 3 heterocycles. The monoisotopic (exact) mass is 434 g/mol. The van der Waals surface area contributed by atoms with Crippen LogP contribution >= 0.6 is 0 Å². The molecule has 1 saturated carbocycles. The molecule has 5 rings (SSSR count).